The summed E-state index contributed by atoms with van der Waals surface area (Å²) < 4.78 is 1.21. The van der Waals surface area contributed by atoms with Gasteiger partial charge in [0.25, 0.3) is 0 Å². The van der Waals surface area contributed by atoms with Gasteiger partial charge in [-0.2, -0.15) is 0 Å². The molecule has 1 heterocycles. The SMILES string of the molecule is CC(C)Cc1ccc(CNCc2sccc2Br)cc1. The van der Waals surface area contributed by atoms with Crippen LogP contribution in [0.5, 0.6) is 0 Å². The molecule has 1 aromatic carbocycles. The fraction of sp³-hybridized carbons (Fsp3) is 0.375. The van der Waals surface area contributed by atoms with E-state index < -0.39 is 0 Å². The second-order valence-corrected chi connectivity index (χ2v) is 7.06. The highest BCUT2D eigenvalue weighted by atomic mass is 79.9. The third kappa shape index (κ3) is 4.75. The van der Waals surface area contributed by atoms with Gasteiger partial charge in [0.15, 0.2) is 0 Å². The molecule has 0 aliphatic carbocycles. The van der Waals surface area contributed by atoms with Crippen LogP contribution in [0.25, 0.3) is 0 Å². The van der Waals surface area contributed by atoms with Gasteiger partial charge in [-0.1, -0.05) is 38.1 Å². The van der Waals surface area contributed by atoms with Crippen LogP contribution in [-0.4, -0.2) is 0 Å². The Hall–Kier alpha value is -0.640. The van der Waals surface area contributed by atoms with E-state index in [9.17, 15) is 0 Å². The average Bonchev–Trinajstić information content (AvgIpc) is 2.77. The minimum Gasteiger partial charge on any atom is -0.308 e. The second-order valence-electron chi connectivity index (χ2n) is 5.21. The maximum absolute atomic E-state index is 3.56. The van der Waals surface area contributed by atoms with Gasteiger partial charge in [-0.3, -0.25) is 0 Å². The van der Waals surface area contributed by atoms with Gasteiger partial charge in [-0.15, -0.1) is 11.3 Å². The van der Waals surface area contributed by atoms with Crippen LogP contribution in [0.1, 0.15) is 29.9 Å². The summed E-state index contributed by atoms with van der Waals surface area (Å²) in [6, 6.07) is 11.1. The minimum atomic E-state index is 0.722. The first-order valence-corrected chi connectivity index (χ1v) is 8.33. The maximum atomic E-state index is 3.56. The molecule has 0 saturated carbocycles. The normalized spacial score (nSPS) is 11.2. The molecular formula is C16H20BrNS. The first kappa shape index (κ1) is 14.8. The largest absolute Gasteiger partial charge is 0.308 e. The Balaban J connectivity index is 1.81. The van der Waals surface area contributed by atoms with Gasteiger partial charge >= 0.3 is 0 Å². The molecule has 1 nitrogen and oxygen atoms in total. The highest BCUT2D eigenvalue weighted by molar-refractivity contribution is 9.10. The molecule has 0 unspecified atom stereocenters. The quantitative estimate of drug-likeness (QED) is 0.782. The molecule has 0 aliphatic heterocycles. The van der Waals surface area contributed by atoms with Gasteiger partial charge in [0.1, 0.15) is 0 Å². The van der Waals surface area contributed by atoms with Gasteiger partial charge in [-0.05, 0) is 50.8 Å². The fourth-order valence-electron chi connectivity index (χ4n) is 2.04. The third-order valence-corrected chi connectivity index (χ3v) is 4.90. The average molecular weight is 338 g/mol. The van der Waals surface area contributed by atoms with Gasteiger partial charge in [0.05, 0.1) is 0 Å². The molecule has 0 saturated heterocycles. The Morgan fingerprint density at radius 2 is 1.74 bits per heavy atom. The summed E-state index contributed by atoms with van der Waals surface area (Å²) in [4.78, 5) is 1.36. The molecule has 0 radical (unpaired) electrons. The molecule has 102 valence electrons. The van der Waals surface area contributed by atoms with E-state index in [0.29, 0.717) is 0 Å². The van der Waals surface area contributed by atoms with Crippen molar-refractivity contribution in [2.24, 2.45) is 5.92 Å². The van der Waals surface area contributed by atoms with E-state index in [-0.39, 0.29) is 0 Å². The molecule has 2 rings (SSSR count). The lowest BCUT2D eigenvalue weighted by atomic mass is 10.0. The van der Waals surface area contributed by atoms with Gasteiger partial charge in [0.2, 0.25) is 0 Å². The summed E-state index contributed by atoms with van der Waals surface area (Å²) in [5.41, 5.74) is 2.78. The Labute approximate surface area is 128 Å². The van der Waals surface area contributed by atoms with Crippen LogP contribution < -0.4 is 5.32 Å². The van der Waals surface area contributed by atoms with Gasteiger partial charge in [-0.25, -0.2) is 0 Å². The van der Waals surface area contributed by atoms with Crippen LogP contribution in [0.3, 0.4) is 0 Å². The summed E-state index contributed by atoms with van der Waals surface area (Å²) in [5, 5.41) is 5.60. The number of hydrogen-bond donors (Lipinski definition) is 1. The van der Waals surface area contributed by atoms with Crippen LogP contribution in [-0.2, 0) is 19.5 Å². The number of hydrogen-bond acceptors (Lipinski definition) is 2. The lowest BCUT2D eigenvalue weighted by molar-refractivity contribution is 0.646. The van der Waals surface area contributed by atoms with E-state index in [1.807, 2.05) is 0 Å². The standard InChI is InChI=1S/C16H20BrNS/c1-12(2)9-13-3-5-14(6-4-13)10-18-11-16-15(17)7-8-19-16/h3-8,12,18H,9-11H2,1-2H3. The zero-order valence-electron chi connectivity index (χ0n) is 11.4. The number of nitrogens with one attached hydrogen (secondary N) is 1. The van der Waals surface area contributed by atoms with Crippen LogP contribution in [0.4, 0.5) is 0 Å². The molecule has 0 fully saturated rings. The Morgan fingerprint density at radius 3 is 2.32 bits per heavy atom. The van der Waals surface area contributed by atoms with Crippen molar-refractivity contribution in [3.8, 4) is 0 Å². The Kier molecular flexibility index (Phi) is 5.61. The zero-order chi connectivity index (χ0) is 13.7. The third-order valence-electron chi connectivity index (χ3n) is 2.97. The van der Waals surface area contributed by atoms with E-state index in [1.54, 1.807) is 11.3 Å². The van der Waals surface area contributed by atoms with Crippen LogP contribution in [0.2, 0.25) is 0 Å². The van der Waals surface area contributed by atoms with Crippen molar-refractivity contribution >= 4 is 27.3 Å². The van der Waals surface area contributed by atoms with Crippen molar-refractivity contribution in [2.75, 3.05) is 0 Å². The van der Waals surface area contributed by atoms with Gasteiger partial charge in [0, 0.05) is 22.4 Å². The van der Waals surface area contributed by atoms with E-state index in [0.717, 1.165) is 25.4 Å². The highest BCUT2D eigenvalue weighted by Crippen LogP contribution is 2.22. The summed E-state index contributed by atoms with van der Waals surface area (Å²) in [5.74, 6) is 0.722. The first-order chi connectivity index (χ1) is 9.15. The van der Waals surface area contributed by atoms with Crippen LogP contribution in [0, 0.1) is 5.92 Å². The lowest BCUT2D eigenvalue weighted by Crippen LogP contribution is -2.12. The number of halogens is 1. The maximum Gasteiger partial charge on any atom is 0.0327 e. The highest BCUT2D eigenvalue weighted by Gasteiger charge is 2.01. The van der Waals surface area contributed by atoms with E-state index in [2.05, 4.69) is 70.8 Å². The fourth-order valence-corrected chi connectivity index (χ4v) is 3.50. The van der Waals surface area contributed by atoms with Crippen molar-refractivity contribution in [1.29, 1.82) is 0 Å². The van der Waals surface area contributed by atoms with Crippen LogP contribution >= 0.6 is 27.3 Å². The van der Waals surface area contributed by atoms with Crippen molar-refractivity contribution < 1.29 is 0 Å². The molecule has 0 spiro atoms. The predicted octanol–water partition coefficient (Wildman–Crippen LogP) is 5.00. The van der Waals surface area contributed by atoms with Crippen molar-refractivity contribution in [1.82, 2.24) is 5.32 Å². The lowest BCUT2D eigenvalue weighted by Gasteiger charge is -2.07. The summed E-state index contributed by atoms with van der Waals surface area (Å²) in [6.45, 7) is 6.36. The van der Waals surface area contributed by atoms with Crippen molar-refractivity contribution in [3.63, 3.8) is 0 Å². The van der Waals surface area contributed by atoms with Gasteiger partial charge < -0.3 is 5.32 Å². The first-order valence-electron chi connectivity index (χ1n) is 6.65. The molecule has 1 N–H and O–H groups in total. The smallest absolute Gasteiger partial charge is 0.0327 e. The van der Waals surface area contributed by atoms with Crippen molar-refractivity contribution in [3.05, 3.63) is 56.2 Å². The molecule has 3 heteroatoms. The Bertz CT molecular complexity index is 502. The number of benzene rings is 1. The van der Waals surface area contributed by atoms with E-state index in [1.165, 1.54) is 20.5 Å². The molecule has 0 atom stereocenters. The topological polar surface area (TPSA) is 12.0 Å². The molecule has 0 amide bonds. The molecule has 2 aromatic rings. The molecular weight excluding hydrogens is 318 g/mol. The predicted molar refractivity (Wildman–Crippen MR) is 87.5 cm³/mol. The van der Waals surface area contributed by atoms with E-state index >= 15 is 0 Å². The van der Waals surface area contributed by atoms with Crippen LogP contribution in [0.15, 0.2) is 40.2 Å². The Morgan fingerprint density at radius 1 is 1.05 bits per heavy atom. The summed E-state index contributed by atoms with van der Waals surface area (Å²) in [6.07, 6.45) is 1.16. The monoisotopic (exact) mass is 337 g/mol. The number of thiophene rings is 1. The number of rotatable bonds is 6. The molecule has 1 aromatic heterocycles. The molecule has 19 heavy (non-hydrogen) atoms. The van der Waals surface area contributed by atoms with E-state index in [4.69, 9.17) is 0 Å². The second kappa shape index (κ2) is 7.22. The molecule has 0 aliphatic rings. The van der Waals surface area contributed by atoms with Crippen molar-refractivity contribution in [2.45, 2.75) is 33.4 Å². The minimum absolute atomic E-state index is 0.722. The zero-order valence-corrected chi connectivity index (χ0v) is 13.9. The summed E-state index contributed by atoms with van der Waals surface area (Å²) in [7, 11) is 0. The summed E-state index contributed by atoms with van der Waals surface area (Å²) >= 11 is 5.34. The molecule has 0 bridgehead atoms.